The van der Waals surface area contributed by atoms with Crippen LogP contribution < -0.4 is 10.6 Å². The van der Waals surface area contributed by atoms with E-state index >= 15 is 0 Å². The maximum atomic E-state index is 12.0. The molecule has 0 radical (unpaired) electrons. The van der Waals surface area contributed by atoms with Crippen molar-refractivity contribution >= 4 is 11.9 Å². The van der Waals surface area contributed by atoms with Crippen LogP contribution in [0.15, 0.2) is 44.7 Å². The van der Waals surface area contributed by atoms with Crippen molar-refractivity contribution in [3.63, 3.8) is 0 Å². The molecule has 1 amide bonds. The van der Waals surface area contributed by atoms with Crippen molar-refractivity contribution in [1.29, 1.82) is 0 Å². The Labute approximate surface area is 152 Å². The molecular weight excluding hydrogens is 336 g/mol. The summed E-state index contributed by atoms with van der Waals surface area (Å²) in [5, 5.41) is 9.87. The number of nitrogens with one attached hydrogen (secondary N) is 2. The Morgan fingerprint density at radius 1 is 1.23 bits per heavy atom. The summed E-state index contributed by atoms with van der Waals surface area (Å²) in [7, 11) is 1.73. The Balaban J connectivity index is 1.38. The fourth-order valence-electron chi connectivity index (χ4n) is 2.82. The minimum absolute atomic E-state index is 0.104. The number of hydrogen-bond acceptors (Lipinski definition) is 6. The molecule has 0 saturated carbocycles. The van der Waals surface area contributed by atoms with Crippen molar-refractivity contribution in [2.75, 3.05) is 39.8 Å². The van der Waals surface area contributed by atoms with Gasteiger partial charge in [0.25, 0.3) is 0 Å². The summed E-state index contributed by atoms with van der Waals surface area (Å²) in [5.41, 5.74) is 0.939. The number of hydrogen-bond donors (Lipinski definition) is 2. The lowest BCUT2D eigenvalue weighted by molar-refractivity contribution is -0.120. The van der Waals surface area contributed by atoms with Gasteiger partial charge in [-0.15, -0.1) is 0 Å². The maximum absolute atomic E-state index is 12.0. The molecule has 0 bridgehead atoms. The fraction of sp³-hybridized carbons (Fsp3) is 0.471. The molecule has 9 heteroatoms. The van der Waals surface area contributed by atoms with Gasteiger partial charge in [-0.05, 0) is 12.1 Å². The lowest BCUT2D eigenvalue weighted by Gasteiger charge is -2.36. The number of amides is 1. The van der Waals surface area contributed by atoms with E-state index in [2.05, 4.69) is 30.6 Å². The molecule has 3 rings (SSSR count). The van der Waals surface area contributed by atoms with E-state index < -0.39 is 0 Å². The molecule has 1 fully saturated rings. The van der Waals surface area contributed by atoms with Gasteiger partial charge in [-0.1, -0.05) is 5.16 Å². The average Bonchev–Trinajstić information content (AvgIpc) is 3.35. The summed E-state index contributed by atoms with van der Waals surface area (Å²) in [5.74, 6) is 1.36. The molecule has 0 atom stereocenters. The summed E-state index contributed by atoms with van der Waals surface area (Å²) in [6.07, 6.45) is 3.18. The second-order valence-electron chi connectivity index (χ2n) is 6.01. The number of aromatic nitrogens is 1. The molecule has 2 N–H and O–H groups in total. The van der Waals surface area contributed by atoms with Crippen LogP contribution in [0.5, 0.6) is 0 Å². The molecule has 0 aromatic carbocycles. The topological polar surface area (TPSA) is 99.1 Å². The average molecular weight is 360 g/mol. The number of furan rings is 1. The van der Waals surface area contributed by atoms with E-state index in [-0.39, 0.29) is 12.5 Å². The summed E-state index contributed by atoms with van der Waals surface area (Å²) >= 11 is 0. The lowest BCUT2D eigenvalue weighted by Crippen LogP contribution is -2.53. The Morgan fingerprint density at radius 3 is 2.73 bits per heavy atom. The number of guanidine groups is 1. The van der Waals surface area contributed by atoms with Crippen LogP contribution in [0.25, 0.3) is 0 Å². The van der Waals surface area contributed by atoms with Gasteiger partial charge in [-0.25, -0.2) is 0 Å². The van der Waals surface area contributed by atoms with Crippen LogP contribution in [0, 0.1) is 0 Å². The summed E-state index contributed by atoms with van der Waals surface area (Å²) in [4.78, 5) is 20.7. The van der Waals surface area contributed by atoms with Crippen LogP contribution >= 0.6 is 0 Å². The third-order valence-corrected chi connectivity index (χ3v) is 4.21. The van der Waals surface area contributed by atoms with Crippen molar-refractivity contribution in [1.82, 2.24) is 25.6 Å². The van der Waals surface area contributed by atoms with Crippen LogP contribution in [-0.2, 0) is 17.9 Å². The number of carbonyl (C=O) groups excluding carboxylic acids is 1. The largest absolute Gasteiger partial charge is 0.467 e. The van der Waals surface area contributed by atoms with Gasteiger partial charge in [0.2, 0.25) is 5.91 Å². The van der Waals surface area contributed by atoms with Crippen LogP contribution in [0.2, 0.25) is 0 Å². The van der Waals surface area contributed by atoms with Crippen LogP contribution in [0.4, 0.5) is 0 Å². The second-order valence-corrected chi connectivity index (χ2v) is 6.01. The summed E-state index contributed by atoms with van der Waals surface area (Å²) in [6, 6.07) is 5.50. The van der Waals surface area contributed by atoms with Crippen molar-refractivity contribution < 1.29 is 13.7 Å². The van der Waals surface area contributed by atoms with Gasteiger partial charge < -0.3 is 24.5 Å². The SMILES string of the molecule is CN=C(NCC(=O)NCc1ccco1)N1CCN(Cc2ccon2)CC1. The molecular formula is C17H24N6O3. The first kappa shape index (κ1) is 18.0. The van der Waals surface area contributed by atoms with Crippen LogP contribution in [0.3, 0.4) is 0 Å². The van der Waals surface area contributed by atoms with Gasteiger partial charge in [-0.3, -0.25) is 14.7 Å². The molecule has 9 nitrogen and oxygen atoms in total. The maximum Gasteiger partial charge on any atom is 0.239 e. The zero-order valence-electron chi connectivity index (χ0n) is 14.9. The fourth-order valence-corrected chi connectivity index (χ4v) is 2.82. The first-order valence-corrected chi connectivity index (χ1v) is 8.61. The van der Waals surface area contributed by atoms with E-state index in [1.807, 2.05) is 12.1 Å². The number of rotatable bonds is 6. The third kappa shape index (κ3) is 5.09. The quantitative estimate of drug-likeness (QED) is 0.564. The van der Waals surface area contributed by atoms with Crippen molar-refractivity contribution in [2.24, 2.45) is 4.99 Å². The van der Waals surface area contributed by atoms with E-state index in [0.717, 1.165) is 50.1 Å². The molecule has 26 heavy (non-hydrogen) atoms. The Hall–Kier alpha value is -2.81. The molecule has 2 aromatic rings. The van der Waals surface area contributed by atoms with Crippen LogP contribution in [0.1, 0.15) is 11.5 Å². The predicted molar refractivity (Wildman–Crippen MR) is 95.3 cm³/mol. The van der Waals surface area contributed by atoms with E-state index in [1.165, 1.54) is 0 Å². The molecule has 0 spiro atoms. The van der Waals surface area contributed by atoms with Crippen molar-refractivity contribution in [2.45, 2.75) is 13.1 Å². The molecule has 1 saturated heterocycles. The highest BCUT2D eigenvalue weighted by Gasteiger charge is 2.20. The van der Waals surface area contributed by atoms with Gasteiger partial charge in [-0.2, -0.15) is 0 Å². The van der Waals surface area contributed by atoms with E-state index in [9.17, 15) is 4.79 Å². The Bertz CT molecular complexity index is 690. The van der Waals surface area contributed by atoms with E-state index in [4.69, 9.17) is 8.94 Å². The van der Waals surface area contributed by atoms with E-state index in [1.54, 1.807) is 25.6 Å². The third-order valence-electron chi connectivity index (χ3n) is 4.21. The molecule has 3 heterocycles. The molecule has 0 unspecified atom stereocenters. The highest BCUT2D eigenvalue weighted by atomic mass is 16.5. The smallest absolute Gasteiger partial charge is 0.239 e. The monoisotopic (exact) mass is 360 g/mol. The number of nitrogens with zero attached hydrogens (tertiary/aromatic N) is 4. The molecule has 0 aliphatic carbocycles. The number of carbonyl (C=O) groups is 1. The van der Waals surface area contributed by atoms with Gasteiger partial charge in [0.15, 0.2) is 5.96 Å². The number of aliphatic imine (C=N–C) groups is 1. The normalized spacial score (nSPS) is 15.9. The first-order valence-electron chi connectivity index (χ1n) is 8.61. The Morgan fingerprint density at radius 2 is 2.08 bits per heavy atom. The second kappa shape index (κ2) is 9.04. The zero-order valence-corrected chi connectivity index (χ0v) is 14.9. The zero-order chi connectivity index (χ0) is 18.2. The summed E-state index contributed by atoms with van der Waals surface area (Å²) < 4.78 is 10.1. The predicted octanol–water partition coefficient (Wildman–Crippen LogP) is 0.277. The van der Waals surface area contributed by atoms with E-state index in [0.29, 0.717) is 6.54 Å². The minimum atomic E-state index is -0.104. The standard InChI is InChI=1S/C17H24N6O3/c1-18-17(20-12-16(24)19-11-15-3-2-9-25-15)23-7-5-22(6-8-23)13-14-4-10-26-21-14/h2-4,9-10H,5-8,11-13H2,1H3,(H,18,20)(H,19,24). The van der Waals surface area contributed by atoms with Gasteiger partial charge >= 0.3 is 0 Å². The lowest BCUT2D eigenvalue weighted by atomic mass is 10.3. The number of piperazine rings is 1. The van der Waals surface area contributed by atoms with Gasteiger partial charge in [0.1, 0.15) is 12.0 Å². The minimum Gasteiger partial charge on any atom is -0.467 e. The molecule has 1 aliphatic rings. The molecule has 140 valence electrons. The van der Waals surface area contributed by atoms with Crippen LogP contribution in [-0.4, -0.2) is 66.6 Å². The van der Waals surface area contributed by atoms with Crippen molar-refractivity contribution in [3.8, 4) is 0 Å². The molecule has 2 aromatic heterocycles. The molecule has 1 aliphatic heterocycles. The first-order chi connectivity index (χ1) is 12.7. The Kier molecular flexibility index (Phi) is 6.26. The van der Waals surface area contributed by atoms with Gasteiger partial charge in [0.05, 0.1) is 25.0 Å². The van der Waals surface area contributed by atoms with Gasteiger partial charge in [0, 0.05) is 45.8 Å². The highest BCUT2D eigenvalue weighted by Crippen LogP contribution is 2.07. The summed E-state index contributed by atoms with van der Waals surface area (Å²) in [6.45, 7) is 4.82. The highest BCUT2D eigenvalue weighted by molar-refractivity contribution is 5.86. The van der Waals surface area contributed by atoms with Crippen molar-refractivity contribution in [3.05, 3.63) is 42.2 Å².